The number of ether oxygens (including phenoxy) is 1. The van der Waals surface area contributed by atoms with E-state index in [1.165, 1.54) is 30.5 Å². The van der Waals surface area contributed by atoms with Gasteiger partial charge in [-0.15, -0.1) is 0 Å². The van der Waals surface area contributed by atoms with Crippen molar-refractivity contribution in [3.63, 3.8) is 0 Å². The lowest BCUT2D eigenvalue weighted by Gasteiger charge is -2.10. The van der Waals surface area contributed by atoms with Gasteiger partial charge in [-0.1, -0.05) is 12.1 Å². The van der Waals surface area contributed by atoms with Gasteiger partial charge in [0.15, 0.2) is 0 Å². The van der Waals surface area contributed by atoms with E-state index in [1.807, 2.05) is 19.1 Å². The number of amides is 1. The Morgan fingerprint density at radius 2 is 1.89 bits per heavy atom. The second kappa shape index (κ2) is 8.84. The average Bonchev–Trinajstić information content (AvgIpc) is 2.63. The lowest BCUT2D eigenvalue weighted by atomic mass is 10.2. The van der Waals surface area contributed by atoms with Crippen LogP contribution in [0.3, 0.4) is 0 Å². The summed E-state index contributed by atoms with van der Waals surface area (Å²) in [5, 5.41) is 19.6. The molecule has 0 aliphatic heterocycles. The van der Waals surface area contributed by atoms with Crippen LogP contribution in [0.25, 0.3) is 0 Å². The Bertz CT molecular complexity index is 993. The van der Waals surface area contributed by atoms with Gasteiger partial charge in [-0.3, -0.25) is 4.79 Å². The van der Waals surface area contributed by atoms with Crippen molar-refractivity contribution < 1.29 is 17.9 Å². The first-order chi connectivity index (χ1) is 12.8. The number of benzene rings is 2. The average molecular weight is 386 g/mol. The van der Waals surface area contributed by atoms with Gasteiger partial charge in [0.1, 0.15) is 17.4 Å². The van der Waals surface area contributed by atoms with Crippen LogP contribution in [0.4, 0.5) is 11.4 Å². The minimum absolute atomic E-state index is 0.0780. The maximum Gasteiger partial charge on any atom is 0.267 e. The minimum atomic E-state index is -3.82. The maximum absolute atomic E-state index is 12.2. The number of hydrogen-bond acceptors (Lipinski definition) is 6. The highest BCUT2D eigenvalue weighted by molar-refractivity contribution is 7.89. The van der Waals surface area contributed by atoms with Gasteiger partial charge in [-0.2, -0.15) is 5.26 Å². The Kier molecular flexibility index (Phi) is 6.54. The number of hydrogen-bond donors (Lipinski definition) is 3. The number of carbonyl (C=O) groups excluding carboxylic acids is 1. The topological polar surface area (TPSA) is 134 Å². The van der Waals surface area contributed by atoms with Gasteiger partial charge in [-0.25, -0.2) is 13.6 Å². The third kappa shape index (κ3) is 5.57. The van der Waals surface area contributed by atoms with E-state index in [1.54, 1.807) is 18.2 Å². The Hall–Kier alpha value is -3.35. The molecule has 0 aliphatic rings. The van der Waals surface area contributed by atoms with E-state index in [2.05, 4.69) is 10.6 Å². The van der Waals surface area contributed by atoms with Crippen LogP contribution >= 0.6 is 0 Å². The van der Waals surface area contributed by atoms with Crippen LogP contribution < -0.4 is 20.5 Å². The van der Waals surface area contributed by atoms with Gasteiger partial charge in [-0.05, 0) is 43.3 Å². The standard InChI is InChI=1S/C18H18N4O4S/c1-2-26-17-6-4-3-5-16(17)21-12-13(11-19)18(23)22-14-7-9-15(10-8-14)27(20,24)25/h3-10,12,21H,2H2,1H3,(H,22,23)(H2,20,24,25)/b13-12-. The summed E-state index contributed by atoms with van der Waals surface area (Å²) >= 11 is 0. The van der Waals surface area contributed by atoms with E-state index >= 15 is 0 Å². The van der Waals surface area contributed by atoms with Crippen molar-refractivity contribution in [2.45, 2.75) is 11.8 Å². The predicted molar refractivity (Wildman–Crippen MR) is 101 cm³/mol. The molecule has 0 bridgehead atoms. The number of nitriles is 1. The van der Waals surface area contributed by atoms with Crippen LogP contribution in [0.15, 0.2) is 65.2 Å². The first-order valence-electron chi connectivity index (χ1n) is 7.88. The molecular formula is C18H18N4O4S. The molecule has 140 valence electrons. The fraction of sp³-hybridized carbons (Fsp3) is 0.111. The highest BCUT2D eigenvalue weighted by Gasteiger charge is 2.12. The summed E-state index contributed by atoms with van der Waals surface area (Å²) in [5.74, 6) is -0.0604. The summed E-state index contributed by atoms with van der Waals surface area (Å²) in [7, 11) is -3.82. The zero-order chi connectivity index (χ0) is 19.9. The van der Waals surface area contributed by atoms with Gasteiger partial charge in [0.05, 0.1) is 17.2 Å². The lowest BCUT2D eigenvalue weighted by Crippen LogP contribution is -2.15. The Balaban J connectivity index is 2.12. The monoisotopic (exact) mass is 386 g/mol. The van der Waals surface area contributed by atoms with Crippen molar-refractivity contribution in [1.29, 1.82) is 5.26 Å². The molecule has 0 radical (unpaired) electrons. The van der Waals surface area contributed by atoms with Gasteiger partial charge in [0.25, 0.3) is 5.91 Å². The Morgan fingerprint density at radius 3 is 2.48 bits per heavy atom. The van der Waals surface area contributed by atoms with Crippen molar-refractivity contribution >= 4 is 27.3 Å². The van der Waals surface area contributed by atoms with Crippen LogP contribution in [-0.4, -0.2) is 20.9 Å². The van der Waals surface area contributed by atoms with E-state index in [0.717, 1.165) is 0 Å². The molecule has 0 saturated heterocycles. The highest BCUT2D eigenvalue weighted by atomic mass is 32.2. The summed E-state index contributed by atoms with van der Waals surface area (Å²) in [6, 6.07) is 14.2. The van der Waals surface area contributed by atoms with E-state index in [-0.39, 0.29) is 10.5 Å². The largest absolute Gasteiger partial charge is 0.492 e. The molecule has 0 aliphatic carbocycles. The molecular weight excluding hydrogens is 368 g/mol. The molecule has 0 spiro atoms. The lowest BCUT2D eigenvalue weighted by molar-refractivity contribution is -0.112. The van der Waals surface area contributed by atoms with Crippen molar-refractivity contribution in [3.05, 3.63) is 60.3 Å². The number of nitrogens with two attached hydrogens (primary N) is 1. The highest BCUT2D eigenvalue weighted by Crippen LogP contribution is 2.24. The Labute approximate surface area is 157 Å². The fourth-order valence-electron chi connectivity index (χ4n) is 2.09. The molecule has 0 saturated carbocycles. The molecule has 0 fully saturated rings. The first kappa shape index (κ1) is 20.0. The van der Waals surface area contributed by atoms with Gasteiger partial charge < -0.3 is 15.4 Å². The van der Waals surface area contributed by atoms with Crippen molar-refractivity contribution in [2.75, 3.05) is 17.2 Å². The molecule has 4 N–H and O–H groups in total. The number of anilines is 2. The summed E-state index contributed by atoms with van der Waals surface area (Å²) < 4.78 is 27.9. The molecule has 27 heavy (non-hydrogen) atoms. The van der Waals surface area contributed by atoms with E-state index < -0.39 is 15.9 Å². The quantitative estimate of drug-likeness (QED) is 0.493. The molecule has 0 atom stereocenters. The maximum atomic E-state index is 12.2. The SMILES string of the molecule is CCOc1ccccc1N/C=C(/C#N)C(=O)Nc1ccc(S(N)(=O)=O)cc1. The van der Waals surface area contributed by atoms with Crippen molar-refractivity contribution in [3.8, 4) is 11.8 Å². The van der Waals surface area contributed by atoms with Gasteiger partial charge in [0.2, 0.25) is 10.0 Å². The number of rotatable bonds is 7. The molecule has 2 aromatic carbocycles. The summed E-state index contributed by atoms with van der Waals surface area (Å²) in [5.41, 5.74) is 0.762. The molecule has 9 heteroatoms. The Morgan fingerprint density at radius 1 is 1.22 bits per heavy atom. The number of sulfonamides is 1. The van der Waals surface area contributed by atoms with E-state index in [9.17, 15) is 18.5 Å². The fourth-order valence-corrected chi connectivity index (χ4v) is 2.61. The molecule has 1 amide bonds. The van der Waals surface area contributed by atoms with Crippen molar-refractivity contribution in [1.82, 2.24) is 0 Å². The molecule has 8 nitrogen and oxygen atoms in total. The van der Waals surface area contributed by atoms with Crippen LogP contribution in [-0.2, 0) is 14.8 Å². The predicted octanol–water partition coefficient (Wildman–Crippen LogP) is 2.19. The van der Waals surface area contributed by atoms with Crippen LogP contribution in [0.2, 0.25) is 0 Å². The smallest absolute Gasteiger partial charge is 0.267 e. The van der Waals surface area contributed by atoms with Crippen LogP contribution in [0.1, 0.15) is 6.92 Å². The second-order valence-electron chi connectivity index (χ2n) is 5.27. The first-order valence-corrected chi connectivity index (χ1v) is 9.42. The zero-order valence-electron chi connectivity index (χ0n) is 14.5. The minimum Gasteiger partial charge on any atom is -0.492 e. The van der Waals surface area contributed by atoms with E-state index in [0.29, 0.717) is 23.7 Å². The normalized spacial score (nSPS) is 11.4. The molecule has 2 rings (SSSR count). The van der Waals surface area contributed by atoms with Crippen molar-refractivity contribution in [2.24, 2.45) is 5.14 Å². The van der Waals surface area contributed by atoms with E-state index in [4.69, 9.17) is 9.88 Å². The summed E-state index contributed by atoms with van der Waals surface area (Å²) in [6.45, 7) is 2.32. The molecule has 0 heterocycles. The number of carbonyl (C=O) groups is 1. The number of nitrogens with one attached hydrogen (secondary N) is 2. The number of primary sulfonamides is 1. The molecule has 2 aromatic rings. The number of para-hydroxylation sites is 2. The molecule has 0 unspecified atom stereocenters. The summed E-state index contributed by atoms with van der Waals surface area (Å²) in [6.07, 6.45) is 1.27. The third-order valence-electron chi connectivity index (χ3n) is 3.36. The van der Waals surface area contributed by atoms with Crippen LogP contribution in [0.5, 0.6) is 5.75 Å². The van der Waals surface area contributed by atoms with Gasteiger partial charge in [0, 0.05) is 11.9 Å². The number of nitrogens with zero attached hydrogens (tertiary/aromatic N) is 1. The third-order valence-corrected chi connectivity index (χ3v) is 4.29. The van der Waals surface area contributed by atoms with Crippen LogP contribution in [0, 0.1) is 11.3 Å². The van der Waals surface area contributed by atoms with Gasteiger partial charge >= 0.3 is 0 Å². The zero-order valence-corrected chi connectivity index (χ0v) is 15.3. The molecule has 0 aromatic heterocycles. The summed E-state index contributed by atoms with van der Waals surface area (Å²) in [4.78, 5) is 12.2. The second-order valence-corrected chi connectivity index (χ2v) is 6.83.